The molecule has 4 heteroatoms. The molecule has 116 valence electrons. The van der Waals surface area contributed by atoms with Crippen molar-refractivity contribution in [2.75, 3.05) is 6.61 Å². The Balaban J connectivity index is 1.63. The molecule has 22 heavy (non-hydrogen) atoms. The molecule has 1 fully saturated rings. The van der Waals surface area contributed by atoms with Crippen LogP contribution in [0.1, 0.15) is 37.8 Å². The first-order chi connectivity index (χ1) is 10.7. The number of hydrogen-bond acceptors (Lipinski definition) is 3. The van der Waals surface area contributed by atoms with Crippen molar-refractivity contribution in [2.45, 2.75) is 45.1 Å². The maximum Gasteiger partial charge on any atom is 0.258 e. The van der Waals surface area contributed by atoms with Crippen LogP contribution >= 0.6 is 0 Å². The number of aryl methyl sites for hydroxylation is 1. The van der Waals surface area contributed by atoms with Crippen LogP contribution < -0.4 is 10.1 Å². The SMILES string of the molecule is Cc1ccc2cccc(OCC(=O)NC3CCCCC3)c2n1. The molecular formula is C18H22N2O2. The summed E-state index contributed by atoms with van der Waals surface area (Å²) in [5.41, 5.74) is 1.75. The Morgan fingerprint density at radius 3 is 2.86 bits per heavy atom. The van der Waals surface area contributed by atoms with Crippen molar-refractivity contribution in [1.29, 1.82) is 0 Å². The number of para-hydroxylation sites is 1. The summed E-state index contributed by atoms with van der Waals surface area (Å²) >= 11 is 0. The summed E-state index contributed by atoms with van der Waals surface area (Å²) < 4.78 is 5.70. The second kappa shape index (κ2) is 6.77. The molecule has 1 aliphatic carbocycles. The summed E-state index contributed by atoms with van der Waals surface area (Å²) in [6.45, 7) is 2.00. The van der Waals surface area contributed by atoms with Crippen LogP contribution in [0.5, 0.6) is 5.75 Å². The van der Waals surface area contributed by atoms with Crippen molar-refractivity contribution in [3.8, 4) is 5.75 Å². The molecule has 1 aromatic heterocycles. The summed E-state index contributed by atoms with van der Waals surface area (Å²) in [7, 11) is 0. The molecule has 1 saturated carbocycles. The minimum atomic E-state index is -0.0449. The van der Waals surface area contributed by atoms with Gasteiger partial charge >= 0.3 is 0 Å². The van der Waals surface area contributed by atoms with Gasteiger partial charge in [-0.2, -0.15) is 0 Å². The maximum atomic E-state index is 12.0. The summed E-state index contributed by atoms with van der Waals surface area (Å²) in [4.78, 5) is 16.5. The van der Waals surface area contributed by atoms with Crippen molar-refractivity contribution in [3.05, 3.63) is 36.0 Å². The molecule has 0 spiro atoms. The lowest BCUT2D eigenvalue weighted by Gasteiger charge is -2.22. The normalized spacial score (nSPS) is 15.7. The van der Waals surface area contributed by atoms with Gasteiger partial charge in [0.1, 0.15) is 11.3 Å². The molecule has 2 aromatic rings. The predicted molar refractivity (Wildman–Crippen MR) is 87.0 cm³/mol. The predicted octanol–water partition coefficient (Wildman–Crippen LogP) is 3.37. The third kappa shape index (κ3) is 3.56. The number of benzene rings is 1. The fraction of sp³-hybridized carbons (Fsp3) is 0.444. The van der Waals surface area contributed by atoms with Crippen LogP contribution in [0.2, 0.25) is 0 Å². The van der Waals surface area contributed by atoms with E-state index in [-0.39, 0.29) is 12.5 Å². The lowest BCUT2D eigenvalue weighted by molar-refractivity contribution is -0.124. The van der Waals surface area contributed by atoms with E-state index in [0.717, 1.165) is 29.4 Å². The fourth-order valence-corrected chi connectivity index (χ4v) is 2.99. The molecule has 0 saturated heterocycles. The van der Waals surface area contributed by atoms with E-state index in [1.165, 1.54) is 19.3 Å². The number of nitrogens with zero attached hydrogens (tertiary/aromatic N) is 1. The second-order valence-electron chi connectivity index (χ2n) is 5.97. The topological polar surface area (TPSA) is 51.2 Å². The lowest BCUT2D eigenvalue weighted by atomic mass is 9.95. The molecule has 0 radical (unpaired) electrons. The smallest absolute Gasteiger partial charge is 0.258 e. The number of carbonyl (C=O) groups is 1. The molecular weight excluding hydrogens is 276 g/mol. The average molecular weight is 298 g/mol. The number of carbonyl (C=O) groups excluding carboxylic acids is 1. The quantitative estimate of drug-likeness (QED) is 0.941. The van der Waals surface area contributed by atoms with Crippen LogP contribution in [0.25, 0.3) is 10.9 Å². The van der Waals surface area contributed by atoms with E-state index in [1.807, 2.05) is 37.3 Å². The van der Waals surface area contributed by atoms with Crippen LogP contribution in [-0.4, -0.2) is 23.5 Å². The minimum Gasteiger partial charge on any atom is -0.481 e. The van der Waals surface area contributed by atoms with Crippen molar-refractivity contribution < 1.29 is 9.53 Å². The second-order valence-corrected chi connectivity index (χ2v) is 5.97. The van der Waals surface area contributed by atoms with Crippen LogP contribution in [0.3, 0.4) is 0 Å². The molecule has 0 aliphatic heterocycles. The molecule has 3 rings (SSSR count). The molecule has 1 N–H and O–H groups in total. The lowest BCUT2D eigenvalue weighted by Crippen LogP contribution is -2.38. The minimum absolute atomic E-state index is 0.0449. The molecule has 0 unspecified atom stereocenters. The van der Waals surface area contributed by atoms with Gasteiger partial charge in [0, 0.05) is 17.1 Å². The summed E-state index contributed by atoms with van der Waals surface area (Å²) in [5, 5.41) is 4.09. The third-order valence-corrected chi connectivity index (χ3v) is 4.15. The molecule has 1 aromatic carbocycles. The molecule has 0 bridgehead atoms. The van der Waals surface area contributed by atoms with Crippen LogP contribution in [0.15, 0.2) is 30.3 Å². The summed E-state index contributed by atoms with van der Waals surface area (Å²) in [5.74, 6) is 0.622. The van der Waals surface area contributed by atoms with Crippen molar-refractivity contribution in [2.24, 2.45) is 0 Å². The van der Waals surface area contributed by atoms with Crippen molar-refractivity contribution in [1.82, 2.24) is 10.3 Å². The van der Waals surface area contributed by atoms with E-state index in [2.05, 4.69) is 10.3 Å². The highest BCUT2D eigenvalue weighted by Crippen LogP contribution is 2.24. The number of fused-ring (bicyclic) bond motifs is 1. The number of hydrogen-bond donors (Lipinski definition) is 1. The van der Waals surface area contributed by atoms with E-state index in [1.54, 1.807) is 0 Å². The van der Waals surface area contributed by atoms with E-state index in [9.17, 15) is 4.79 Å². The third-order valence-electron chi connectivity index (χ3n) is 4.15. The van der Waals surface area contributed by atoms with Crippen LogP contribution in [0.4, 0.5) is 0 Å². The molecule has 0 atom stereocenters. The van der Waals surface area contributed by atoms with Crippen LogP contribution in [-0.2, 0) is 4.79 Å². The highest BCUT2D eigenvalue weighted by Gasteiger charge is 2.16. The van der Waals surface area contributed by atoms with Gasteiger partial charge < -0.3 is 10.1 Å². The van der Waals surface area contributed by atoms with Gasteiger partial charge in [0.2, 0.25) is 0 Å². The summed E-state index contributed by atoms with van der Waals surface area (Å²) in [6.07, 6.45) is 5.86. The van der Waals surface area contributed by atoms with Gasteiger partial charge in [-0.25, -0.2) is 4.98 Å². The summed E-state index contributed by atoms with van der Waals surface area (Å²) in [6, 6.07) is 10.1. The van der Waals surface area contributed by atoms with Gasteiger partial charge in [0.05, 0.1) is 0 Å². The first-order valence-electron chi connectivity index (χ1n) is 8.01. The first kappa shape index (κ1) is 14.8. The van der Waals surface area contributed by atoms with Gasteiger partial charge in [-0.1, -0.05) is 37.5 Å². The number of amides is 1. The van der Waals surface area contributed by atoms with Gasteiger partial charge in [-0.3, -0.25) is 4.79 Å². The Kier molecular flexibility index (Phi) is 4.56. The molecule has 1 aliphatic rings. The Morgan fingerprint density at radius 1 is 1.23 bits per heavy atom. The van der Waals surface area contributed by atoms with Gasteiger partial charge in [-0.15, -0.1) is 0 Å². The van der Waals surface area contributed by atoms with E-state index in [4.69, 9.17) is 4.74 Å². The highest BCUT2D eigenvalue weighted by atomic mass is 16.5. The van der Waals surface area contributed by atoms with E-state index in [0.29, 0.717) is 11.8 Å². The Bertz CT molecular complexity index is 663. The monoisotopic (exact) mass is 298 g/mol. The van der Waals surface area contributed by atoms with E-state index >= 15 is 0 Å². The largest absolute Gasteiger partial charge is 0.481 e. The van der Waals surface area contributed by atoms with Crippen LogP contribution in [0, 0.1) is 6.92 Å². The number of aromatic nitrogens is 1. The Hall–Kier alpha value is -2.10. The van der Waals surface area contributed by atoms with Gasteiger partial charge in [0.25, 0.3) is 5.91 Å². The number of nitrogens with one attached hydrogen (secondary N) is 1. The number of ether oxygens (including phenoxy) is 1. The molecule has 1 heterocycles. The number of pyridine rings is 1. The highest BCUT2D eigenvalue weighted by molar-refractivity contribution is 5.85. The average Bonchev–Trinajstić information content (AvgIpc) is 2.54. The Labute approximate surface area is 130 Å². The van der Waals surface area contributed by atoms with Crippen molar-refractivity contribution in [3.63, 3.8) is 0 Å². The zero-order valence-electron chi connectivity index (χ0n) is 13.0. The Morgan fingerprint density at radius 2 is 2.05 bits per heavy atom. The zero-order valence-corrected chi connectivity index (χ0v) is 13.0. The van der Waals surface area contributed by atoms with Gasteiger partial charge in [-0.05, 0) is 31.9 Å². The zero-order chi connectivity index (χ0) is 15.4. The molecule has 4 nitrogen and oxygen atoms in total. The van der Waals surface area contributed by atoms with E-state index < -0.39 is 0 Å². The fourth-order valence-electron chi connectivity index (χ4n) is 2.99. The maximum absolute atomic E-state index is 12.0. The standard InChI is InChI=1S/C18H22N2O2/c1-13-10-11-14-6-5-9-16(18(14)19-13)22-12-17(21)20-15-7-3-2-4-8-15/h5-6,9-11,15H,2-4,7-8,12H2,1H3,(H,20,21). The molecule has 1 amide bonds. The number of rotatable bonds is 4. The van der Waals surface area contributed by atoms with Crippen molar-refractivity contribution >= 4 is 16.8 Å². The van der Waals surface area contributed by atoms with Gasteiger partial charge in [0.15, 0.2) is 6.61 Å². The first-order valence-corrected chi connectivity index (χ1v) is 8.01.